The van der Waals surface area contributed by atoms with Crippen molar-refractivity contribution in [2.24, 2.45) is 0 Å². The van der Waals surface area contributed by atoms with Gasteiger partial charge in [-0.2, -0.15) is 5.10 Å². The minimum Gasteiger partial charge on any atom is -0.248 e. The summed E-state index contributed by atoms with van der Waals surface area (Å²) in [5.74, 6) is 1.73. The van der Waals surface area contributed by atoms with Gasteiger partial charge in [-0.05, 0) is 31.0 Å². The Kier molecular flexibility index (Phi) is 4.44. The Labute approximate surface area is 140 Å². The first-order valence-corrected chi connectivity index (χ1v) is 9.47. The summed E-state index contributed by atoms with van der Waals surface area (Å²) in [6.45, 7) is 4.21. The van der Waals surface area contributed by atoms with Crippen molar-refractivity contribution in [2.75, 3.05) is 0 Å². The van der Waals surface area contributed by atoms with E-state index in [0.29, 0.717) is 30.0 Å². The third-order valence-corrected chi connectivity index (χ3v) is 6.12. The number of aromatic nitrogens is 3. The first kappa shape index (κ1) is 16.4. The van der Waals surface area contributed by atoms with Crippen molar-refractivity contribution in [3.63, 3.8) is 0 Å². The van der Waals surface area contributed by atoms with Crippen molar-refractivity contribution in [3.8, 4) is 0 Å². The van der Waals surface area contributed by atoms with Gasteiger partial charge in [0.1, 0.15) is 5.82 Å². The fourth-order valence-electron chi connectivity index (χ4n) is 2.77. The van der Waals surface area contributed by atoms with Gasteiger partial charge in [-0.15, -0.1) is 0 Å². The molecule has 1 aliphatic rings. The molecule has 0 saturated heterocycles. The van der Waals surface area contributed by atoms with Gasteiger partial charge in [0.2, 0.25) is 10.0 Å². The summed E-state index contributed by atoms with van der Waals surface area (Å²) in [4.78, 5) is 4.67. The first-order chi connectivity index (χ1) is 10.9. The Balaban J connectivity index is 1.80. The lowest BCUT2D eigenvalue weighted by Gasteiger charge is -2.23. The Hall–Kier alpha value is -1.44. The number of rotatable bonds is 4. The lowest BCUT2D eigenvalue weighted by Crippen LogP contribution is -2.41. The Morgan fingerprint density at radius 1 is 1.43 bits per heavy atom. The number of nitrogens with one attached hydrogen (secondary N) is 1. The van der Waals surface area contributed by atoms with E-state index in [2.05, 4.69) is 14.8 Å². The van der Waals surface area contributed by atoms with Gasteiger partial charge in [0, 0.05) is 23.9 Å². The van der Waals surface area contributed by atoms with Crippen LogP contribution in [-0.2, 0) is 29.4 Å². The second kappa shape index (κ2) is 6.22. The zero-order valence-corrected chi connectivity index (χ0v) is 14.7. The zero-order chi connectivity index (χ0) is 16.6. The maximum Gasteiger partial charge on any atom is 0.241 e. The summed E-state index contributed by atoms with van der Waals surface area (Å²) in [7, 11) is -3.61. The molecule has 0 unspecified atom stereocenters. The molecule has 1 aliphatic heterocycles. The molecule has 0 bridgehead atoms. The van der Waals surface area contributed by atoms with Crippen LogP contribution in [-0.4, -0.2) is 29.2 Å². The van der Waals surface area contributed by atoms with Crippen LogP contribution in [0.3, 0.4) is 0 Å². The van der Waals surface area contributed by atoms with Crippen LogP contribution in [0.1, 0.15) is 30.6 Å². The molecule has 23 heavy (non-hydrogen) atoms. The molecule has 1 atom stereocenters. The van der Waals surface area contributed by atoms with E-state index in [9.17, 15) is 8.42 Å². The van der Waals surface area contributed by atoms with Crippen LogP contribution >= 0.6 is 11.6 Å². The summed E-state index contributed by atoms with van der Waals surface area (Å²) in [6.07, 6.45) is 2.20. The second-order valence-corrected chi connectivity index (χ2v) is 7.79. The van der Waals surface area contributed by atoms with Crippen LogP contribution in [0.5, 0.6) is 0 Å². The topological polar surface area (TPSA) is 76.9 Å². The normalized spacial score (nSPS) is 18.0. The van der Waals surface area contributed by atoms with E-state index in [1.165, 1.54) is 0 Å². The van der Waals surface area contributed by atoms with E-state index < -0.39 is 10.0 Å². The molecule has 0 aliphatic carbocycles. The Morgan fingerprint density at radius 3 is 2.96 bits per heavy atom. The van der Waals surface area contributed by atoms with Gasteiger partial charge >= 0.3 is 0 Å². The predicted molar refractivity (Wildman–Crippen MR) is 88.0 cm³/mol. The van der Waals surface area contributed by atoms with Crippen molar-refractivity contribution in [1.82, 2.24) is 19.5 Å². The Bertz CT molecular complexity index is 832. The van der Waals surface area contributed by atoms with Gasteiger partial charge in [0.15, 0.2) is 5.82 Å². The van der Waals surface area contributed by atoms with Crippen LogP contribution in [0, 0.1) is 6.92 Å². The van der Waals surface area contributed by atoms with Gasteiger partial charge in [0.25, 0.3) is 0 Å². The summed E-state index contributed by atoms with van der Waals surface area (Å²) >= 11 is 6.03. The van der Waals surface area contributed by atoms with Crippen LogP contribution in [0.4, 0.5) is 0 Å². The van der Waals surface area contributed by atoms with E-state index in [-0.39, 0.29) is 10.9 Å². The molecular weight excluding hydrogens is 336 g/mol. The molecule has 0 spiro atoms. The van der Waals surface area contributed by atoms with Crippen molar-refractivity contribution in [2.45, 2.75) is 50.6 Å². The largest absolute Gasteiger partial charge is 0.248 e. The average Bonchev–Trinajstić information content (AvgIpc) is 2.91. The minimum absolute atomic E-state index is 0.197. The molecule has 0 saturated carbocycles. The second-order valence-electron chi connectivity index (χ2n) is 5.70. The van der Waals surface area contributed by atoms with Gasteiger partial charge in [-0.1, -0.05) is 24.6 Å². The van der Waals surface area contributed by atoms with E-state index >= 15 is 0 Å². The highest BCUT2D eigenvalue weighted by atomic mass is 35.5. The van der Waals surface area contributed by atoms with E-state index in [1.54, 1.807) is 29.8 Å². The highest BCUT2D eigenvalue weighted by molar-refractivity contribution is 7.89. The maximum atomic E-state index is 12.6. The SMILES string of the molecule is CCc1nc2n(n1)C[C@@H](NS(=O)(=O)c1cccc(Cl)c1C)CC2. The standard InChI is InChI=1S/C15H19ClN4O2S/c1-3-14-17-15-8-7-11(9-20(15)18-14)19-23(21,22)13-6-4-5-12(16)10(13)2/h4-6,11,19H,3,7-9H2,1-2H3/t11-/m0/s1. The van der Waals surface area contributed by atoms with E-state index in [1.807, 2.05) is 6.92 Å². The fraction of sp³-hybridized carbons (Fsp3) is 0.467. The molecule has 3 rings (SSSR count). The fourth-order valence-corrected chi connectivity index (χ4v) is 4.53. The summed E-state index contributed by atoms with van der Waals surface area (Å²) in [6, 6.07) is 4.71. The number of hydrogen-bond acceptors (Lipinski definition) is 4. The number of sulfonamides is 1. The lowest BCUT2D eigenvalue weighted by molar-refractivity contribution is 0.394. The highest BCUT2D eigenvalue weighted by Gasteiger charge is 2.27. The van der Waals surface area contributed by atoms with Crippen LogP contribution < -0.4 is 4.72 Å². The molecule has 1 aromatic carbocycles. The predicted octanol–water partition coefficient (Wildman–Crippen LogP) is 2.10. The molecule has 8 heteroatoms. The number of fused-ring (bicyclic) bond motifs is 1. The smallest absolute Gasteiger partial charge is 0.241 e. The quantitative estimate of drug-likeness (QED) is 0.912. The molecule has 124 valence electrons. The summed E-state index contributed by atoms with van der Waals surface area (Å²) in [5.41, 5.74) is 0.562. The number of nitrogens with zero attached hydrogens (tertiary/aromatic N) is 3. The van der Waals surface area contributed by atoms with Crippen LogP contribution in [0.2, 0.25) is 5.02 Å². The van der Waals surface area contributed by atoms with Crippen molar-refractivity contribution < 1.29 is 8.42 Å². The first-order valence-electron chi connectivity index (χ1n) is 7.60. The van der Waals surface area contributed by atoms with Crippen LogP contribution in [0.15, 0.2) is 23.1 Å². The van der Waals surface area contributed by atoms with Crippen molar-refractivity contribution in [3.05, 3.63) is 40.4 Å². The molecule has 0 fully saturated rings. The molecule has 0 amide bonds. The van der Waals surface area contributed by atoms with Gasteiger partial charge in [-0.3, -0.25) is 0 Å². The number of aryl methyl sites for hydroxylation is 2. The lowest BCUT2D eigenvalue weighted by atomic mass is 10.1. The maximum absolute atomic E-state index is 12.6. The number of benzene rings is 1. The summed E-state index contributed by atoms with van der Waals surface area (Å²) in [5, 5.41) is 4.85. The molecule has 2 heterocycles. The number of hydrogen-bond donors (Lipinski definition) is 1. The molecular formula is C15H19ClN4O2S. The molecule has 0 radical (unpaired) electrons. The molecule has 1 N–H and O–H groups in total. The average molecular weight is 355 g/mol. The Morgan fingerprint density at radius 2 is 2.22 bits per heavy atom. The van der Waals surface area contributed by atoms with Crippen molar-refractivity contribution >= 4 is 21.6 Å². The zero-order valence-electron chi connectivity index (χ0n) is 13.1. The third-order valence-electron chi connectivity index (χ3n) is 4.05. The van der Waals surface area contributed by atoms with Crippen molar-refractivity contribution in [1.29, 1.82) is 0 Å². The number of halogens is 1. The van der Waals surface area contributed by atoms with Gasteiger partial charge in [0.05, 0.1) is 11.4 Å². The summed E-state index contributed by atoms with van der Waals surface area (Å²) < 4.78 is 29.8. The van der Waals surface area contributed by atoms with Gasteiger partial charge in [-0.25, -0.2) is 22.8 Å². The monoisotopic (exact) mass is 354 g/mol. The molecule has 2 aromatic rings. The highest BCUT2D eigenvalue weighted by Crippen LogP contribution is 2.24. The van der Waals surface area contributed by atoms with Crippen LogP contribution in [0.25, 0.3) is 0 Å². The minimum atomic E-state index is -3.61. The van der Waals surface area contributed by atoms with E-state index in [0.717, 1.165) is 18.1 Å². The third kappa shape index (κ3) is 3.27. The molecule has 6 nitrogen and oxygen atoms in total. The molecule has 1 aromatic heterocycles. The van der Waals surface area contributed by atoms with Gasteiger partial charge < -0.3 is 0 Å². The van der Waals surface area contributed by atoms with E-state index in [4.69, 9.17) is 11.6 Å².